The molecular formula is C17H14BrF3NO2Y-. The Hall–Kier alpha value is -0.836. The van der Waals surface area contributed by atoms with E-state index in [1.165, 1.54) is 12.1 Å². The van der Waals surface area contributed by atoms with Gasteiger partial charge in [0.1, 0.15) is 12.4 Å². The Morgan fingerprint density at radius 1 is 1.48 bits per heavy atom. The van der Waals surface area contributed by atoms with Crippen molar-refractivity contribution >= 4 is 27.5 Å². The summed E-state index contributed by atoms with van der Waals surface area (Å²) in [6, 6.07) is 4.01. The molecule has 0 spiro atoms. The first-order chi connectivity index (χ1) is 11.4. The van der Waals surface area contributed by atoms with Crippen LogP contribution in [0.2, 0.25) is 0 Å². The number of amides is 1. The number of allylic oxidation sites excluding steroid dienone is 1. The molecule has 25 heavy (non-hydrogen) atoms. The fourth-order valence-corrected chi connectivity index (χ4v) is 2.59. The van der Waals surface area contributed by atoms with E-state index in [0.29, 0.717) is 0 Å². The first-order valence-electron chi connectivity index (χ1n) is 7.10. The summed E-state index contributed by atoms with van der Waals surface area (Å²) in [6.45, 7) is 0.961. The maximum absolute atomic E-state index is 14.4. The van der Waals surface area contributed by atoms with Gasteiger partial charge in [-0.25, -0.2) is 19.2 Å². The van der Waals surface area contributed by atoms with E-state index in [1.807, 2.05) is 0 Å². The van der Waals surface area contributed by atoms with Crippen molar-refractivity contribution in [2.24, 2.45) is 0 Å². The normalized spacial score (nSPS) is 16.7. The fraction of sp³-hybridized carbons (Fsp3) is 0.353. The summed E-state index contributed by atoms with van der Waals surface area (Å²) in [7, 11) is 0. The number of ether oxygens (including phenoxy) is 1. The molecule has 1 aliphatic rings. The predicted octanol–water partition coefficient (Wildman–Crippen LogP) is 3.63. The molecule has 1 atom stereocenters. The molecule has 1 aromatic rings. The van der Waals surface area contributed by atoms with E-state index in [4.69, 9.17) is 4.74 Å². The molecule has 0 fully saturated rings. The fourth-order valence-electron chi connectivity index (χ4n) is 2.18. The largest absolute Gasteiger partial charge is 0.481 e. The van der Waals surface area contributed by atoms with Crippen LogP contribution in [0.3, 0.4) is 0 Å². The maximum atomic E-state index is 14.4. The summed E-state index contributed by atoms with van der Waals surface area (Å²) in [5.41, 5.74) is 0.0470. The number of hydrogen-bond donors (Lipinski definition) is 0. The van der Waals surface area contributed by atoms with Crippen LogP contribution in [-0.4, -0.2) is 35.2 Å². The zero-order chi connectivity index (χ0) is 17.7. The topological polar surface area (TPSA) is 29.5 Å². The minimum absolute atomic E-state index is 0. The Bertz CT molecular complexity index is 716. The number of hydrogen-bond acceptors (Lipinski definition) is 2. The van der Waals surface area contributed by atoms with Crippen LogP contribution in [0.15, 0.2) is 18.2 Å². The average Bonchev–Trinajstić information content (AvgIpc) is 2.53. The second-order valence-corrected chi connectivity index (χ2v) is 6.00. The van der Waals surface area contributed by atoms with Crippen molar-refractivity contribution in [3.63, 3.8) is 0 Å². The van der Waals surface area contributed by atoms with E-state index in [2.05, 4.69) is 33.8 Å². The van der Waals surface area contributed by atoms with E-state index >= 15 is 0 Å². The molecule has 0 N–H and O–H groups in total. The number of carbonyl (C=O) groups excluding carboxylic acids is 1. The van der Waals surface area contributed by atoms with E-state index in [-0.39, 0.29) is 62.7 Å². The van der Waals surface area contributed by atoms with Crippen LogP contribution in [-0.2, 0) is 37.5 Å². The van der Waals surface area contributed by atoms with Gasteiger partial charge in [-0.2, -0.15) is 0 Å². The molecule has 0 bridgehead atoms. The summed E-state index contributed by atoms with van der Waals surface area (Å²) in [4.78, 5) is 12.3. The van der Waals surface area contributed by atoms with Gasteiger partial charge in [0.2, 0.25) is 5.91 Å². The van der Waals surface area contributed by atoms with Crippen LogP contribution in [0.5, 0.6) is 5.75 Å². The summed E-state index contributed by atoms with van der Waals surface area (Å²) in [5.74, 6) is 4.37. The molecule has 8 heteroatoms. The summed E-state index contributed by atoms with van der Waals surface area (Å²) in [6.07, 6.45) is 0.266. The van der Waals surface area contributed by atoms with Crippen LogP contribution in [0, 0.1) is 23.7 Å². The van der Waals surface area contributed by atoms with E-state index in [1.54, 1.807) is 6.92 Å². The van der Waals surface area contributed by atoms with Crippen LogP contribution in [0.4, 0.5) is 13.2 Å². The molecule has 1 aromatic carbocycles. The molecule has 1 heterocycles. The van der Waals surface area contributed by atoms with Crippen molar-refractivity contribution in [3.05, 3.63) is 35.7 Å². The second-order valence-electron chi connectivity index (χ2n) is 4.89. The quantitative estimate of drug-likeness (QED) is 0.359. The van der Waals surface area contributed by atoms with E-state index in [9.17, 15) is 18.0 Å². The summed E-state index contributed by atoms with van der Waals surface area (Å²) in [5, 5.41) is 0. The number of benzene rings is 1. The van der Waals surface area contributed by atoms with Gasteiger partial charge in [-0.1, -0.05) is 28.3 Å². The SMILES string of the molecule is CC#CCOc1ccc(C2=[C-]CC(Br)C(=O)N2CC(F)F)c(F)c1.[Y]. The van der Waals surface area contributed by atoms with Crippen molar-refractivity contribution in [3.8, 4) is 17.6 Å². The Morgan fingerprint density at radius 3 is 2.80 bits per heavy atom. The molecule has 1 unspecified atom stereocenters. The van der Waals surface area contributed by atoms with Crippen molar-refractivity contribution in [1.82, 2.24) is 4.90 Å². The third-order valence-corrected chi connectivity index (χ3v) is 3.97. The Morgan fingerprint density at radius 2 is 2.20 bits per heavy atom. The smallest absolute Gasteiger partial charge is 0.256 e. The van der Waals surface area contributed by atoms with Crippen molar-refractivity contribution in [2.75, 3.05) is 13.2 Å². The average molecular weight is 490 g/mol. The van der Waals surface area contributed by atoms with Crippen LogP contribution in [0.1, 0.15) is 18.9 Å². The van der Waals surface area contributed by atoms with Gasteiger partial charge >= 0.3 is 0 Å². The van der Waals surface area contributed by atoms with Gasteiger partial charge in [0.25, 0.3) is 6.43 Å². The molecule has 1 aliphatic heterocycles. The minimum Gasteiger partial charge on any atom is -0.481 e. The number of nitrogens with zero attached hydrogens (tertiary/aromatic N) is 1. The zero-order valence-corrected chi connectivity index (χ0v) is 17.8. The first kappa shape index (κ1) is 22.2. The molecule has 0 saturated carbocycles. The third-order valence-electron chi connectivity index (χ3n) is 3.26. The van der Waals surface area contributed by atoms with E-state index in [0.717, 1.165) is 11.0 Å². The van der Waals surface area contributed by atoms with Gasteiger partial charge < -0.3 is 9.64 Å². The molecular weight excluding hydrogens is 476 g/mol. The molecule has 3 nitrogen and oxygen atoms in total. The molecule has 1 radical (unpaired) electrons. The summed E-state index contributed by atoms with van der Waals surface area (Å²) >= 11 is 3.11. The van der Waals surface area contributed by atoms with Gasteiger partial charge in [0.15, 0.2) is 0 Å². The first-order valence-corrected chi connectivity index (χ1v) is 8.02. The second kappa shape index (κ2) is 10.3. The number of halogens is 4. The third kappa shape index (κ3) is 5.84. The number of alkyl halides is 3. The number of carbonyl (C=O) groups is 1. The molecule has 131 valence electrons. The van der Waals surface area contributed by atoms with Crippen LogP contribution < -0.4 is 4.74 Å². The monoisotopic (exact) mass is 489 g/mol. The molecule has 0 aromatic heterocycles. The van der Waals surface area contributed by atoms with Crippen molar-refractivity contribution < 1.29 is 55.4 Å². The Kier molecular flexibility index (Phi) is 9.19. The Labute approximate surface area is 178 Å². The summed E-state index contributed by atoms with van der Waals surface area (Å²) < 4.78 is 45.2. The van der Waals surface area contributed by atoms with Gasteiger partial charge in [0.05, 0.1) is 17.2 Å². The van der Waals surface area contributed by atoms with Gasteiger partial charge in [-0.05, 0) is 19.1 Å². The minimum atomic E-state index is -2.73. The predicted molar refractivity (Wildman–Crippen MR) is 87.0 cm³/mol. The standard InChI is InChI=1S/C17H14BrF3NO2.Y/c1-2-3-8-24-11-4-5-12(14(19)9-11)15-7-6-13(18)17(23)22(15)10-16(20)21;/h4-5,9,13,16H,6,8,10H2,1H3;/q-1;. The Balaban J connectivity index is 0.00000312. The molecule has 2 rings (SSSR count). The number of rotatable bonds is 5. The molecule has 1 amide bonds. The maximum Gasteiger partial charge on any atom is 0.256 e. The van der Waals surface area contributed by atoms with E-state index < -0.39 is 29.5 Å². The van der Waals surface area contributed by atoms with Gasteiger partial charge in [-0.15, -0.1) is 23.2 Å². The van der Waals surface area contributed by atoms with Gasteiger partial charge in [-0.3, -0.25) is 4.79 Å². The van der Waals surface area contributed by atoms with Crippen LogP contribution >= 0.6 is 15.9 Å². The van der Waals surface area contributed by atoms with Crippen molar-refractivity contribution in [1.29, 1.82) is 0 Å². The molecule has 0 aliphatic carbocycles. The molecule has 0 saturated heterocycles. The van der Waals surface area contributed by atoms with Crippen LogP contribution in [0.25, 0.3) is 5.70 Å². The van der Waals surface area contributed by atoms with Gasteiger partial charge in [0, 0.05) is 32.7 Å². The van der Waals surface area contributed by atoms with Crippen molar-refractivity contribution in [2.45, 2.75) is 24.6 Å². The zero-order valence-electron chi connectivity index (χ0n) is 13.4.